The molecule has 0 atom stereocenters. The maximum atomic E-state index is 12.6. The molecule has 0 spiro atoms. The van der Waals surface area contributed by atoms with Gasteiger partial charge in [0.15, 0.2) is 0 Å². The number of fused-ring (bicyclic) bond motifs is 1. The smallest absolute Gasteiger partial charge is 0.338 e. The van der Waals surface area contributed by atoms with Gasteiger partial charge >= 0.3 is 5.97 Å². The molecule has 0 saturated carbocycles. The largest absolute Gasteiger partial charge is 0.481 e. The van der Waals surface area contributed by atoms with Crippen LogP contribution in [0.15, 0.2) is 24.3 Å². The molecule has 8 heteroatoms. The van der Waals surface area contributed by atoms with Gasteiger partial charge in [0.1, 0.15) is 5.69 Å². The molecule has 130 valence electrons. The van der Waals surface area contributed by atoms with Crippen LogP contribution in [0, 0.1) is 6.92 Å². The quantitative estimate of drug-likeness (QED) is 0.730. The SMILES string of the molecule is COc1cccc(CN(C)C(=O)c2cc3sc(C)c(C(=O)O)c3[nH]2)n1. The van der Waals surface area contributed by atoms with Crippen LogP contribution in [0.1, 0.15) is 31.4 Å². The van der Waals surface area contributed by atoms with Crippen molar-refractivity contribution in [1.29, 1.82) is 0 Å². The van der Waals surface area contributed by atoms with Gasteiger partial charge in [-0.05, 0) is 19.1 Å². The minimum atomic E-state index is -1.00. The number of aromatic nitrogens is 2. The number of aryl methyl sites for hydroxylation is 1. The number of nitrogens with zero attached hydrogens (tertiary/aromatic N) is 2. The summed E-state index contributed by atoms with van der Waals surface area (Å²) >= 11 is 1.35. The van der Waals surface area contributed by atoms with Gasteiger partial charge in [-0.1, -0.05) is 6.07 Å². The third kappa shape index (κ3) is 3.20. The van der Waals surface area contributed by atoms with Crippen molar-refractivity contribution in [2.45, 2.75) is 13.5 Å². The van der Waals surface area contributed by atoms with Crippen molar-refractivity contribution in [2.24, 2.45) is 0 Å². The fourth-order valence-corrected chi connectivity index (χ4v) is 3.70. The summed E-state index contributed by atoms with van der Waals surface area (Å²) in [7, 11) is 3.20. The number of pyridine rings is 1. The number of H-pyrrole nitrogens is 1. The first-order valence-corrected chi connectivity index (χ1v) is 8.33. The molecule has 3 rings (SSSR count). The van der Waals surface area contributed by atoms with Crippen molar-refractivity contribution in [2.75, 3.05) is 14.2 Å². The number of carboxylic acid groups (broad SMARTS) is 1. The Balaban J connectivity index is 1.84. The average molecular weight is 359 g/mol. The van der Waals surface area contributed by atoms with Crippen LogP contribution >= 0.6 is 11.3 Å². The Kier molecular flexibility index (Phi) is 4.45. The Bertz CT molecular complexity index is 960. The van der Waals surface area contributed by atoms with Gasteiger partial charge in [0.05, 0.1) is 35.1 Å². The van der Waals surface area contributed by atoms with Crippen LogP contribution in [-0.2, 0) is 6.54 Å². The standard InChI is InChI=1S/C17H17N3O4S/c1-9-14(17(22)23)15-12(25-9)7-11(19-15)16(21)20(2)8-10-5-4-6-13(18-10)24-3/h4-7,19H,8H2,1-3H3,(H,22,23). The number of thiophene rings is 1. The number of amides is 1. The number of hydrogen-bond donors (Lipinski definition) is 2. The van der Waals surface area contributed by atoms with E-state index in [1.807, 2.05) is 12.1 Å². The highest BCUT2D eigenvalue weighted by Gasteiger charge is 2.21. The van der Waals surface area contributed by atoms with E-state index in [2.05, 4.69) is 9.97 Å². The third-order valence-corrected chi connectivity index (χ3v) is 4.88. The second-order valence-electron chi connectivity index (χ2n) is 5.59. The van der Waals surface area contributed by atoms with Crippen molar-refractivity contribution in [1.82, 2.24) is 14.9 Å². The van der Waals surface area contributed by atoms with Crippen molar-refractivity contribution in [3.63, 3.8) is 0 Å². The zero-order chi connectivity index (χ0) is 18.1. The second kappa shape index (κ2) is 6.56. The molecule has 0 bridgehead atoms. The molecule has 0 aliphatic heterocycles. The van der Waals surface area contributed by atoms with E-state index in [0.29, 0.717) is 34.2 Å². The van der Waals surface area contributed by atoms with Crippen molar-refractivity contribution in [3.05, 3.63) is 46.1 Å². The lowest BCUT2D eigenvalue weighted by Crippen LogP contribution is -2.26. The number of carboxylic acids is 1. The molecule has 0 aromatic carbocycles. The number of aromatic amines is 1. The van der Waals surface area contributed by atoms with Gasteiger partial charge in [-0.15, -0.1) is 11.3 Å². The van der Waals surface area contributed by atoms with Gasteiger partial charge in [0, 0.05) is 18.0 Å². The zero-order valence-electron chi connectivity index (χ0n) is 14.0. The number of carbonyl (C=O) groups is 2. The van der Waals surface area contributed by atoms with Crippen molar-refractivity contribution in [3.8, 4) is 5.88 Å². The predicted octanol–water partition coefficient (Wildman–Crippen LogP) is 2.91. The van der Waals surface area contributed by atoms with Crippen LogP contribution < -0.4 is 4.74 Å². The molecule has 3 heterocycles. The summed E-state index contributed by atoms with van der Waals surface area (Å²) in [5.74, 6) is -0.749. The maximum Gasteiger partial charge on any atom is 0.338 e. The fraction of sp³-hybridized carbons (Fsp3) is 0.235. The Hall–Kier alpha value is -2.87. The van der Waals surface area contributed by atoms with Crippen LogP contribution in [0.2, 0.25) is 0 Å². The number of rotatable bonds is 5. The molecule has 0 aliphatic carbocycles. The van der Waals surface area contributed by atoms with E-state index >= 15 is 0 Å². The first kappa shape index (κ1) is 17.0. The molecule has 0 aliphatic rings. The first-order valence-electron chi connectivity index (χ1n) is 7.51. The summed E-state index contributed by atoms with van der Waals surface area (Å²) in [4.78, 5) is 33.5. The summed E-state index contributed by atoms with van der Waals surface area (Å²) in [6.07, 6.45) is 0. The number of methoxy groups -OCH3 is 1. The molecule has 7 nitrogen and oxygen atoms in total. The Morgan fingerprint density at radius 1 is 1.40 bits per heavy atom. The lowest BCUT2D eigenvalue weighted by atomic mass is 10.2. The lowest BCUT2D eigenvalue weighted by Gasteiger charge is -2.16. The molecule has 0 radical (unpaired) electrons. The van der Waals surface area contributed by atoms with Crippen LogP contribution in [0.4, 0.5) is 0 Å². The highest BCUT2D eigenvalue weighted by molar-refractivity contribution is 7.19. The van der Waals surface area contributed by atoms with Crippen molar-refractivity contribution >= 4 is 33.4 Å². The van der Waals surface area contributed by atoms with E-state index in [9.17, 15) is 14.7 Å². The van der Waals surface area contributed by atoms with Crippen LogP contribution in [-0.4, -0.2) is 46.0 Å². The molecule has 25 heavy (non-hydrogen) atoms. The number of aromatic carboxylic acids is 1. The number of carbonyl (C=O) groups excluding carboxylic acids is 1. The second-order valence-corrected chi connectivity index (χ2v) is 6.85. The Labute approximate surface area is 147 Å². The number of ether oxygens (including phenoxy) is 1. The average Bonchev–Trinajstić information content (AvgIpc) is 3.10. The summed E-state index contributed by atoms with van der Waals surface area (Å²) in [6, 6.07) is 7.05. The molecular formula is C17H17N3O4S. The van der Waals surface area contributed by atoms with Crippen LogP contribution in [0.5, 0.6) is 5.88 Å². The van der Waals surface area contributed by atoms with Gasteiger partial charge < -0.3 is 19.7 Å². The molecule has 3 aromatic rings. The molecular weight excluding hydrogens is 342 g/mol. The summed E-state index contributed by atoms with van der Waals surface area (Å²) < 4.78 is 5.84. The molecule has 3 aromatic heterocycles. The van der Waals surface area contributed by atoms with E-state index in [1.165, 1.54) is 23.3 Å². The minimum Gasteiger partial charge on any atom is -0.481 e. The van der Waals surface area contributed by atoms with Gasteiger partial charge in [0.2, 0.25) is 5.88 Å². The highest BCUT2D eigenvalue weighted by Crippen LogP contribution is 2.31. The van der Waals surface area contributed by atoms with Gasteiger partial charge in [-0.3, -0.25) is 4.79 Å². The van der Waals surface area contributed by atoms with E-state index in [1.54, 1.807) is 26.1 Å². The number of hydrogen-bond acceptors (Lipinski definition) is 5. The first-order chi connectivity index (χ1) is 11.9. The molecule has 0 saturated heterocycles. The summed E-state index contributed by atoms with van der Waals surface area (Å²) in [5.41, 5.74) is 1.77. The lowest BCUT2D eigenvalue weighted by molar-refractivity contribution is 0.0697. The molecule has 0 unspecified atom stereocenters. The van der Waals surface area contributed by atoms with Crippen LogP contribution in [0.3, 0.4) is 0 Å². The van der Waals surface area contributed by atoms with E-state index in [-0.39, 0.29) is 11.5 Å². The Morgan fingerprint density at radius 3 is 2.84 bits per heavy atom. The van der Waals surface area contributed by atoms with Gasteiger partial charge in [-0.2, -0.15) is 0 Å². The number of nitrogens with one attached hydrogen (secondary N) is 1. The molecule has 0 fully saturated rings. The van der Waals surface area contributed by atoms with Gasteiger partial charge in [-0.25, -0.2) is 9.78 Å². The summed E-state index contributed by atoms with van der Waals surface area (Å²) in [5, 5.41) is 9.33. The van der Waals surface area contributed by atoms with E-state index in [4.69, 9.17) is 4.74 Å². The van der Waals surface area contributed by atoms with Crippen molar-refractivity contribution < 1.29 is 19.4 Å². The maximum absolute atomic E-state index is 12.6. The molecule has 1 amide bonds. The van der Waals surface area contributed by atoms with E-state index < -0.39 is 5.97 Å². The molecule has 2 N–H and O–H groups in total. The monoisotopic (exact) mass is 359 g/mol. The topological polar surface area (TPSA) is 95.5 Å². The van der Waals surface area contributed by atoms with E-state index in [0.717, 1.165) is 4.70 Å². The predicted molar refractivity (Wildman–Crippen MR) is 94.5 cm³/mol. The zero-order valence-corrected chi connectivity index (χ0v) is 14.8. The van der Waals surface area contributed by atoms with Gasteiger partial charge in [0.25, 0.3) is 5.91 Å². The normalized spacial score (nSPS) is 10.8. The fourth-order valence-electron chi connectivity index (χ4n) is 2.65. The minimum absolute atomic E-state index is 0.219. The Morgan fingerprint density at radius 2 is 2.16 bits per heavy atom. The highest BCUT2D eigenvalue weighted by atomic mass is 32.1. The summed E-state index contributed by atoms with van der Waals surface area (Å²) in [6.45, 7) is 2.07. The third-order valence-electron chi connectivity index (χ3n) is 3.83. The van der Waals surface area contributed by atoms with Crippen LogP contribution in [0.25, 0.3) is 10.2 Å².